The van der Waals surface area contributed by atoms with Crippen molar-refractivity contribution in [3.05, 3.63) is 17.4 Å². The van der Waals surface area contributed by atoms with Crippen LogP contribution in [-0.4, -0.2) is 34.4 Å². The van der Waals surface area contributed by atoms with Crippen molar-refractivity contribution in [1.82, 2.24) is 0 Å². The molecule has 0 amide bonds. The molecule has 0 fully saturated rings. The van der Waals surface area contributed by atoms with E-state index in [1.807, 2.05) is 0 Å². The minimum atomic E-state index is -2.05. The summed E-state index contributed by atoms with van der Waals surface area (Å²) in [6, 6.07) is 0. The van der Waals surface area contributed by atoms with Gasteiger partial charge in [0, 0.05) is 5.56 Å². The van der Waals surface area contributed by atoms with Crippen molar-refractivity contribution in [2.24, 2.45) is 0 Å². The number of rotatable bonds is 4. The number of ether oxygens (including phenoxy) is 3. The van der Waals surface area contributed by atoms with Gasteiger partial charge in [-0.05, 0) is 5.04 Å². The fraction of sp³-hybridized carbons (Fsp3) is 0.600. The van der Waals surface area contributed by atoms with Crippen LogP contribution < -0.4 is 5.38 Å². The average Bonchev–Trinajstić information content (AvgIpc) is 2.86. The summed E-state index contributed by atoms with van der Waals surface area (Å²) >= 11 is 0. The lowest BCUT2D eigenvalue weighted by Gasteiger charge is -2.35. The topological polar surface area (TPSA) is 75.0 Å². The molecule has 124 valence electrons. The molecule has 0 aromatic carbocycles. The number of carbonyl (C=O) groups is 2. The zero-order valence-corrected chi connectivity index (χ0v) is 15.2. The van der Waals surface area contributed by atoms with Crippen molar-refractivity contribution in [2.45, 2.75) is 45.5 Å². The summed E-state index contributed by atoms with van der Waals surface area (Å²) in [5, 5.41) is 0.724. The zero-order valence-electron chi connectivity index (χ0n) is 14.2. The molecular weight excluding hydrogens is 304 g/mol. The second-order valence-electron chi connectivity index (χ2n) is 6.57. The summed E-state index contributed by atoms with van der Waals surface area (Å²) in [5.41, 5.74) is 0.843. The van der Waals surface area contributed by atoms with E-state index in [0.29, 0.717) is 5.56 Å². The Labute approximate surface area is 131 Å². The highest BCUT2D eigenvalue weighted by Crippen LogP contribution is 2.37. The minimum Gasteiger partial charge on any atom is -0.473 e. The third-order valence-electron chi connectivity index (χ3n) is 4.24. The predicted molar refractivity (Wildman–Crippen MR) is 84.1 cm³/mol. The van der Waals surface area contributed by atoms with E-state index >= 15 is 0 Å². The van der Waals surface area contributed by atoms with Gasteiger partial charge >= 0.3 is 12.1 Å². The fourth-order valence-electron chi connectivity index (χ4n) is 1.86. The molecule has 22 heavy (non-hydrogen) atoms. The molecule has 0 aliphatic carbocycles. The van der Waals surface area contributed by atoms with Crippen LogP contribution in [0.5, 0.6) is 0 Å². The highest BCUT2D eigenvalue weighted by Gasteiger charge is 2.43. The van der Waals surface area contributed by atoms with Crippen LogP contribution in [0.15, 0.2) is 10.7 Å². The molecule has 1 rings (SSSR count). The average molecular weight is 328 g/mol. The number of methoxy groups -OCH3 is 2. The van der Waals surface area contributed by atoms with E-state index in [-0.39, 0.29) is 17.2 Å². The van der Waals surface area contributed by atoms with Crippen LogP contribution in [-0.2, 0) is 20.8 Å². The van der Waals surface area contributed by atoms with Gasteiger partial charge in [-0.1, -0.05) is 33.9 Å². The van der Waals surface area contributed by atoms with E-state index < -0.39 is 20.2 Å². The van der Waals surface area contributed by atoms with Crippen LogP contribution in [0.1, 0.15) is 36.7 Å². The number of hydrogen-bond donors (Lipinski definition) is 0. The fourth-order valence-corrected chi connectivity index (χ4v) is 3.86. The zero-order chi connectivity index (χ0) is 17.1. The van der Waals surface area contributed by atoms with Crippen molar-refractivity contribution in [3.63, 3.8) is 0 Å². The number of carbonyl (C=O) groups excluding carboxylic acids is 2. The highest BCUT2D eigenvalue weighted by molar-refractivity contribution is 6.91. The summed E-state index contributed by atoms with van der Waals surface area (Å²) in [5.74, 6) is -0.517. The maximum absolute atomic E-state index is 11.9. The lowest BCUT2D eigenvalue weighted by Crippen LogP contribution is -2.50. The van der Waals surface area contributed by atoms with Crippen molar-refractivity contribution in [2.75, 3.05) is 14.2 Å². The van der Waals surface area contributed by atoms with Gasteiger partial charge in [-0.15, -0.1) is 0 Å². The Hall–Kier alpha value is -1.76. The summed E-state index contributed by atoms with van der Waals surface area (Å²) in [6.07, 6.45) is 0.565. The third-order valence-corrected chi connectivity index (χ3v) is 9.55. The molecule has 0 radical (unpaired) electrons. The van der Waals surface area contributed by atoms with Gasteiger partial charge in [0.2, 0.25) is 0 Å². The van der Waals surface area contributed by atoms with E-state index in [1.54, 1.807) is 0 Å². The first kappa shape index (κ1) is 18.3. The van der Waals surface area contributed by atoms with Gasteiger partial charge in [0.05, 0.1) is 19.6 Å². The number of furan rings is 1. The molecule has 1 aromatic heterocycles. The monoisotopic (exact) mass is 328 g/mol. The Balaban J connectivity index is 3.31. The standard InChI is InChI=1S/C15H24O6Si/c1-15(2,3)22(6,7)13-11(9-21-14(17)19-5)10(8-20-13)12(16)18-4/h8H,9H2,1-7H3. The third kappa shape index (κ3) is 3.52. The second-order valence-corrected chi connectivity index (χ2v) is 11.8. The lowest BCUT2D eigenvalue weighted by atomic mass is 10.2. The lowest BCUT2D eigenvalue weighted by molar-refractivity contribution is 0.0573. The van der Waals surface area contributed by atoms with Crippen LogP contribution in [0.25, 0.3) is 0 Å². The van der Waals surface area contributed by atoms with Crippen molar-refractivity contribution in [1.29, 1.82) is 0 Å². The summed E-state index contributed by atoms with van der Waals surface area (Å²) < 4.78 is 20.0. The van der Waals surface area contributed by atoms with E-state index in [0.717, 1.165) is 5.38 Å². The summed E-state index contributed by atoms with van der Waals surface area (Å²) in [7, 11) is 0.476. The summed E-state index contributed by atoms with van der Waals surface area (Å²) in [4.78, 5) is 23.1. The molecule has 7 heteroatoms. The molecule has 0 bridgehead atoms. The Morgan fingerprint density at radius 1 is 1.18 bits per heavy atom. The van der Waals surface area contributed by atoms with Gasteiger partial charge in [-0.2, -0.15) is 0 Å². The van der Waals surface area contributed by atoms with E-state index in [1.165, 1.54) is 20.5 Å². The van der Waals surface area contributed by atoms with Gasteiger partial charge in [-0.3, -0.25) is 0 Å². The van der Waals surface area contributed by atoms with Crippen molar-refractivity contribution >= 4 is 25.6 Å². The Morgan fingerprint density at radius 3 is 2.23 bits per heavy atom. The van der Waals surface area contributed by atoms with Gasteiger partial charge < -0.3 is 18.6 Å². The molecule has 1 aromatic rings. The molecule has 0 spiro atoms. The Bertz CT molecular complexity index is 553. The first-order chi connectivity index (χ1) is 10.1. The van der Waals surface area contributed by atoms with Crippen LogP contribution in [0.4, 0.5) is 4.79 Å². The SMILES string of the molecule is COC(=O)OCc1c(C(=O)OC)coc1[Si](C)(C)C(C)(C)C. The normalized spacial score (nSPS) is 12.0. The van der Waals surface area contributed by atoms with Crippen LogP contribution in [0, 0.1) is 0 Å². The second kappa shape index (κ2) is 6.56. The van der Waals surface area contributed by atoms with Crippen LogP contribution in [0.3, 0.4) is 0 Å². The van der Waals surface area contributed by atoms with E-state index in [4.69, 9.17) is 13.9 Å². The van der Waals surface area contributed by atoms with Crippen LogP contribution >= 0.6 is 0 Å². The molecular formula is C15H24O6Si. The largest absolute Gasteiger partial charge is 0.508 e. The minimum absolute atomic E-state index is 0.00173. The maximum Gasteiger partial charge on any atom is 0.508 e. The molecule has 0 N–H and O–H groups in total. The predicted octanol–water partition coefficient (Wildman–Crippen LogP) is 3.06. The molecule has 0 saturated heterocycles. The van der Waals surface area contributed by atoms with Gasteiger partial charge in [0.15, 0.2) is 0 Å². The molecule has 6 nitrogen and oxygen atoms in total. The van der Waals surface area contributed by atoms with Crippen molar-refractivity contribution < 1.29 is 28.2 Å². The first-order valence-corrected chi connectivity index (χ1v) is 9.96. The van der Waals surface area contributed by atoms with Gasteiger partial charge in [0.1, 0.15) is 26.5 Å². The van der Waals surface area contributed by atoms with E-state index in [9.17, 15) is 9.59 Å². The van der Waals surface area contributed by atoms with Crippen LogP contribution in [0.2, 0.25) is 18.1 Å². The first-order valence-electron chi connectivity index (χ1n) is 6.96. The molecule has 0 unspecified atom stereocenters. The molecule has 0 atom stereocenters. The van der Waals surface area contributed by atoms with Crippen molar-refractivity contribution in [3.8, 4) is 0 Å². The molecule has 1 heterocycles. The molecule has 0 aliphatic heterocycles. The summed E-state index contributed by atoms with van der Waals surface area (Å²) in [6.45, 7) is 10.6. The van der Waals surface area contributed by atoms with Gasteiger partial charge in [-0.25, -0.2) is 9.59 Å². The van der Waals surface area contributed by atoms with Gasteiger partial charge in [0.25, 0.3) is 0 Å². The molecule has 0 aliphatic rings. The maximum atomic E-state index is 11.9. The molecule has 0 saturated carbocycles. The quantitative estimate of drug-likeness (QED) is 0.624. The number of hydrogen-bond acceptors (Lipinski definition) is 6. The van der Waals surface area contributed by atoms with E-state index in [2.05, 4.69) is 38.6 Å². The number of esters is 1. The Morgan fingerprint density at radius 2 is 1.77 bits per heavy atom. The Kier molecular flexibility index (Phi) is 5.45. The smallest absolute Gasteiger partial charge is 0.473 e. The highest BCUT2D eigenvalue weighted by atomic mass is 28.3.